The van der Waals surface area contributed by atoms with Crippen LogP contribution in [0.2, 0.25) is 0 Å². The summed E-state index contributed by atoms with van der Waals surface area (Å²) in [6, 6.07) is 8.21. The summed E-state index contributed by atoms with van der Waals surface area (Å²) < 4.78 is 11.6. The molecule has 0 spiro atoms. The number of ketones is 1. The third kappa shape index (κ3) is 3.57. The topological polar surface area (TPSA) is 99.7 Å². The fraction of sp³-hybridized carbons (Fsp3) is 0.409. The number of pyridine rings is 1. The molecule has 2 aromatic rings. The standard InChI is InChI=1S/C22H23N3O4/c1-28-19-7-6-14(12-20(19)29-15-4-2-3-5-15)16(8-10-23)21-22(26)17-13-24-11-9-18(17)25(21)27/h6-7,9,11-13,15-16,21,25H,2-5,8H2,1H3. The van der Waals surface area contributed by atoms with Gasteiger partial charge in [0, 0.05) is 24.9 Å². The molecule has 1 aliphatic heterocycles. The van der Waals surface area contributed by atoms with Crippen LogP contribution in [0.25, 0.3) is 0 Å². The molecule has 0 bridgehead atoms. The SMILES string of the molecule is COc1ccc(C(CC#N)C2C(=O)c3cnccc3[NH+]2[O-])cc1OC1CCCC1. The molecule has 3 unspecified atom stereocenters. The number of carbonyl (C=O) groups is 1. The zero-order chi connectivity index (χ0) is 20.4. The maximum atomic E-state index is 13.0. The number of aromatic nitrogens is 1. The molecule has 7 nitrogen and oxygen atoms in total. The lowest BCUT2D eigenvalue weighted by Gasteiger charge is -2.29. The highest BCUT2D eigenvalue weighted by Gasteiger charge is 2.44. The second-order valence-electron chi connectivity index (χ2n) is 7.53. The highest BCUT2D eigenvalue weighted by molar-refractivity contribution is 6.05. The summed E-state index contributed by atoms with van der Waals surface area (Å²) >= 11 is 0. The Kier molecular flexibility index (Phi) is 5.47. The number of rotatable bonds is 6. The van der Waals surface area contributed by atoms with Crippen molar-refractivity contribution < 1.29 is 19.3 Å². The Hall–Kier alpha value is -2.95. The second-order valence-corrected chi connectivity index (χ2v) is 7.53. The molecule has 150 valence electrons. The first-order valence-electron chi connectivity index (χ1n) is 9.88. The molecule has 1 saturated carbocycles. The Labute approximate surface area is 169 Å². The summed E-state index contributed by atoms with van der Waals surface area (Å²) in [5, 5.41) is 22.1. The van der Waals surface area contributed by atoms with Crippen molar-refractivity contribution in [2.45, 2.75) is 50.2 Å². The van der Waals surface area contributed by atoms with E-state index in [0.717, 1.165) is 31.2 Å². The fourth-order valence-electron chi connectivity index (χ4n) is 4.35. The molecule has 4 rings (SSSR count). The third-order valence-corrected chi connectivity index (χ3v) is 5.84. The average molecular weight is 393 g/mol. The minimum Gasteiger partial charge on any atom is -0.628 e. The smallest absolute Gasteiger partial charge is 0.228 e. The van der Waals surface area contributed by atoms with Gasteiger partial charge in [-0.1, -0.05) is 6.07 Å². The Morgan fingerprint density at radius 3 is 2.79 bits per heavy atom. The number of Topliss-reactive ketones (excluding diaryl/α,β-unsaturated/α-hetero) is 1. The molecular weight excluding hydrogens is 370 g/mol. The van der Waals surface area contributed by atoms with Gasteiger partial charge in [-0.2, -0.15) is 5.26 Å². The molecule has 7 heteroatoms. The molecule has 1 aliphatic carbocycles. The van der Waals surface area contributed by atoms with Crippen molar-refractivity contribution in [3.8, 4) is 17.6 Å². The van der Waals surface area contributed by atoms with Gasteiger partial charge in [0.05, 0.1) is 25.2 Å². The largest absolute Gasteiger partial charge is 0.628 e. The quantitative estimate of drug-likeness (QED) is 0.758. The summed E-state index contributed by atoms with van der Waals surface area (Å²) in [6.45, 7) is 0. The lowest BCUT2D eigenvalue weighted by Crippen LogP contribution is -3.06. The summed E-state index contributed by atoms with van der Waals surface area (Å²) in [5.41, 5.74) is 1.45. The highest BCUT2D eigenvalue weighted by Crippen LogP contribution is 2.37. The number of hydrogen-bond donors (Lipinski definition) is 1. The van der Waals surface area contributed by atoms with Gasteiger partial charge in [-0.15, -0.1) is 0 Å². The maximum absolute atomic E-state index is 13.0. The van der Waals surface area contributed by atoms with E-state index in [1.165, 1.54) is 12.4 Å². The van der Waals surface area contributed by atoms with Gasteiger partial charge in [-0.25, -0.2) is 0 Å². The number of quaternary nitrogens is 1. The van der Waals surface area contributed by atoms with Crippen LogP contribution in [-0.2, 0) is 0 Å². The van der Waals surface area contributed by atoms with Crippen LogP contribution in [-0.4, -0.2) is 30.0 Å². The average Bonchev–Trinajstić information content (AvgIpc) is 3.34. The van der Waals surface area contributed by atoms with Crippen LogP contribution in [0.5, 0.6) is 11.5 Å². The Bertz CT molecular complexity index is 949. The van der Waals surface area contributed by atoms with Crippen LogP contribution < -0.4 is 14.5 Å². The Morgan fingerprint density at radius 1 is 1.31 bits per heavy atom. The molecule has 1 aromatic carbocycles. The predicted molar refractivity (Wildman–Crippen MR) is 105 cm³/mol. The van der Waals surface area contributed by atoms with Gasteiger partial charge >= 0.3 is 0 Å². The monoisotopic (exact) mass is 393 g/mol. The Balaban J connectivity index is 1.69. The van der Waals surface area contributed by atoms with E-state index in [4.69, 9.17) is 9.47 Å². The summed E-state index contributed by atoms with van der Waals surface area (Å²) in [6.07, 6.45) is 7.40. The number of benzene rings is 1. The number of carbonyl (C=O) groups excluding carboxylic acids is 1. The van der Waals surface area contributed by atoms with Crippen LogP contribution in [0.4, 0.5) is 5.69 Å². The Morgan fingerprint density at radius 2 is 2.10 bits per heavy atom. The van der Waals surface area contributed by atoms with E-state index >= 15 is 0 Å². The van der Waals surface area contributed by atoms with Gasteiger partial charge in [0.15, 0.2) is 17.5 Å². The van der Waals surface area contributed by atoms with Gasteiger partial charge in [0.2, 0.25) is 5.78 Å². The van der Waals surface area contributed by atoms with Crippen LogP contribution >= 0.6 is 0 Å². The molecule has 0 radical (unpaired) electrons. The first-order chi connectivity index (χ1) is 14.1. The van der Waals surface area contributed by atoms with Gasteiger partial charge < -0.3 is 19.7 Å². The van der Waals surface area contributed by atoms with Crippen molar-refractivity contribution in [1.29, 1.82) is 5.26 Å². The fourth-order valence-corrected chi connectivity index (χ4v) is 4.35. The van der Waals surface area contributed by atoms with Crippen molar-refractivity contribution >= 4 is 11.5 Å². The summed E-state index contributed by atoms with van der Waals surface area (Å²) in [5.74, 6) is 0.376. The van der Waals surface area contributed by atoms with Crippen LogP contribution in [0.1, 0.15) is 53.9 Å². The molecule has 3 atom stereocenters. The summed E-state index contributed by atoms with van der Waals surface area (Å²) in [4.78, 5) is 16.9. The molecule has 1 fully saturated rings. The normalized spacial score (nSPS) is 22.2. The van der Waals surface area contributed by atoms with Crippen molar-refractivity contribution in [3.05, 3.63) is 53.0 Å². The molecule has 1 aromatic heterocycles. The van der Waals surface area contributed by atoms with Crippen LogP contribution in [0, 0.1) is 16.5 Å². The second kappa shape index (κ2) is 8.19. The van der Waals surface area contributed by atoms with Gasteiger partial charge in [0.1, 0.15) is 11.3 Å². The molecule has 0 amide bonds. The highest BCUT2D eigenvalue weighted by atomic mass is 16.5. The first kappa shape index (κ1) is 19.4. The van der Waals surface area contributed by atoms with Crippen LogP contribution in [0.3, 0.4) is 0 Å². The van der Waals surface area contributed by atoms with Gasteiger partial charge in [-0.3, -0.25) is 9.78 Å². The zero-order valence-corrected chi connectivity index (χ0v) is 16.3. The minimum absolute atomic E-state index is 0.0543. The minimum atomic E-state index is -0.915. The lowest BCUT2D eigenvalue weighted by atomic mass is 9.86. The van der Waals surface area contributed by atoms with Gasteiger partial charge in [0.25, 0.3) is 0 Å². The van der Waals surface area contributed by atoms with E-state index in [-0.39, 0.29) is 23.4 Å². The number of ether oxygens (including phenoxy) is 2. The number of hydrogen-bond acceptors (Lipinski definition) is 6. The molecule has 1 N–H and O–H groups in total. The van der Waals surface area contributed by atoms with Crippen molar-refractivity contribution in [1.82, 2.24) is 4.98 Å². The van der Waals surface area contributed by atoms with Crippen molar-refractivity contribution in [2.75, 3.05) is 7.11 Å². The zero-order valence-electron chi connectivity index (χ0n) is 16.3. The molecule has 0 saturated heterocycles. The first-order valence-corrected chi connectivity index (χ1v) is 9.88. The lowest BCUT2D eigenvalue weighted by molar-refractivity contribution is -0.792. The predicted octanol–water partition coefficient (Wildman–Crippen LogP) is 2.69. The number of nitrogens with one attached hydrogen (secondary N) is 1. The molecular formula is C22H23N3O4. The molecule has 2 heterocycles. The van der Waals surface area contributed by atoms with E-state index < -0.39 is 12.0 Å². The van der Waals surface area contributed by atoms with E-state index in [1.807, 2.05) is 12.1 Å². The van der Waals surface area contributed by atoms with E-state index in [2.05, 4.69) is 11.1 Å². The van der Waals surface area contributed by atoms with E-state index in [0.29, 0.717) is 22.7 Å². The molecule has 29 heavy (non-hydrogen) atoms. The van der Waals surface area contributed by atoms with Crippen molar-refractivity contribution in [2.24, 2.45) is 0 Å². The van der Waals surface area contributed by atoms with Crippen molar-refractivity contribution in [3.63, 3.8) is 0 Å². The number of methoxy groups -OCH3 is 1. The summed E-state index contributed by atoms with van der Waals surface area (Å²) in [7, 11) is 1.58. The number of fused-ring (bicyclic) bond motifs is 1. The maximum Gasteiger partial charge on any atom is 0.228 e. The van der Waals surface area contributed by atoms with E-state index in [9.17, 15) is 15.3 Å². The van der Waals surface area contributed by atoms with Gasteiger partial charge in [-0.05, 0) is 43.4 Å². The van der Waals surface area contributed by atoms with E-state index in [1.54, 1.807) is 19.2 Å². The molecule has 2 aliphatic rings. The van der Waals surface area contributed by atoms with Crippen LogP contribution in [0.15, 0.2) is 36.7 Å². The number of nitrogens with zero attached hydrogens (tertiary/aromatic N) is 2. The number of hydroxylamine groups is 1. The third-order valence-electron chi connectivity index (χ3n) is 5.84. The number of nitriles is 1.